The van der Waals surface area contributed by atoms with Gasteiger partial charge in [0.15, 0.2) is 0 Å². The van der Waals surface area contributed by atoms with Gasteiger partial charge in [0, 0.05) is 5.69 Å². The molecule has 0 bridgehead atoms. The molecule has 15 heavy (non-hydrogen) atoms. The van der Waals surface area contributed by atoms with Crippen molar-refractivity contribution in [3.05, 3.63) is 42.5 Å². The third-order valence-corrected chi connectivity index (χ3v) is 2.49. The Labute approximate surface area is 89.0 Å². The van der Waals surface area contributed by atoms with Crippen LogP contribution in [0.3, 0.4) is 0 Å². The van der Waals surface area contributed by atoms with Crippen LogP contribution in [0.4, 0.5) is 10.5 Å². The molecule has 1 saturated heterocycles. The van der Waals surface area contributed by atoms with Crippen LogP contribution in [0.15, 0.2) is 36.9 Å². The number of aryl methyl sites for hydroxylation is 1. The van der Waals surface area contributed by atoms with Gasteiger partial charge in [-0.1, -0.05) is 23.8 Å². The van der Waals surface area contributed by atoms with Crippen LogP contribution in [0.1, 0.15) is 5.56 Å². The molecule has 0 N–H and O–H groups in total. The highest BCUT2D eigenvalue weighted by Crippen LogP contribution is 2.23. The standard InChI is InChI=1S/C12H13NO2/c1-3-10-8-15-12(14)13(10)11-6-4-9(2)5-7-11/h3-7,10H,1,8H2,2H3/t10-/m1/s1. The Morgan fingerprint density at radius 1 is 1.47 bits per heavy atom. The van der Waals surface area contributed by atoms with Gasteiger partial charge < -0.3 is 4.74 Å². The summed E-state index contributed by atoms with van der Waals surface area (Å²) in [4.78, 5) is 13.1. The molecule has 1 heterocycles. The topological polar surface area (TPSA) is 29.5 Å². The van der Waals surface area contributed by atoms with E-state index in [2.05, 4.69) is 6.58 Å². The van der Waals surface area contributed by atoms with Crippen molar-refractivity contribution in [2.45, 2.75) is 13.0 Å². The van der Waals surface area contributed by atoms with Gasteiger partial charge >= 0.3 is 6.09 Å². The third kappa shape index (κ3) is 1.73. The van der Waals surface area contributed by atoms with Crippen LogP contribution in [0.25, 0.3) is 0 Å². The first-order chi connectivity index (χ1) is 7.22. The first-order valence-corrected chi connectivity index (χ1v) is 4.87. The molecule has 78 valence electrons. The molecular weight excluding hydrogens is 190 g/mol. The summed E-state index contributed by atoms with van der Waals surface area (Å²) in [5.74, 6) is 0. The molecule has 1 aromatic rings. The Morgan fingerprint density at radius 2 is 2.13 bits per heavy atom. The summed E-state index contributed by atoms with van der Waals surface area (Å²) in [6, 6.07) is 7.72. The Kier molecular flexibility index (Phi) is 2.46. The highest BCUT2D eigenvalue weighted by molar-refractivity contribution is 5.90. The van der Waals surface area contributed by atoms with E-state index in [9.17, 15) is 4.79 Å². The zero-order valence-electron chi connectivity index (χ0n) is 8.64. The van der Waals surface area contributed by atoms with E-state index in [0.29, 0.717) is 6.61 Å². The first-order valence-electron chi connectivity index (χ1n) is 4.87. The quantitative estimate of drug-likeness (QED) is 0.691. The smallest absolute Gasteiger partial charge is 0.415 e. The van der Waals surface area contributed by atoms with Gasteiger partial charge in [-0.3, -0.25) is 4.90 Å². The molecule has 1 amide bonds. The first kappa shape index (κ1) is 9.77. The fourth-order valence-corrected chi connectivity index (χ4v) is 1.61. The van der Waals surface area contributed by atoms with E-state index >= 15 is 0 Å². The monoisotopic (exact) mass is 203 g/mol. The molecule has 1 aromatic carbocycles. The fraction of sp³-hybridized carbons (Fsp3) is 0.250. The maximum atomic E-state index is 11.5. The summed E-state index contributed by atoms with van der Waals surface area (Å²) < 4.78 is 4.97. The van der Waals surface area contributed by atoms with E-state index in [-0.39, 0.29) is 12.1 Å². The Morgan fingerprint density at radius 3 is 2.73 bits per heavy atom. The largest absolute Gasteiger partial charge is 0.447 e. The minimum atomic E-state index is -0.302. The van der Waals surface area contributed by atoms with Gasteiger partial charge in [-0.25, -0.2) is 4.79 Å². The zero-order valence-corrected chi connectivity index (χ0v) is 8.64. The summed E-state index contributed by atoms with van der Waals surface area (Å²) >= 11 is 0. The summed E-state index contributed by atoms with van der Waals surface area (Å²) in [6.07, 6.45) is 1.42. The van der Waals surface area contributed by atoms with Gasteiger partial charge in [0.1, 0.15) is 6.61 Å². The molecule has 1 aliphatic rings. The van der Waals surface area contributed by atoms with E-state index < -0.39 is 0 Å². The molecule has 0 aromatic heterocycles. The van der Waals surface area contributed by atoms with Crippen LogP contribution in [0, 0.1) is 6.92 Å². The molecule has 3 nitrogen and oxygen atoms in total. The maximum absolute atomic E-state index is 11.5. The number of cyclic esters (lactones) is 1. The number of amides is 1. The number of hydrogen-bond acceptors (Lipinski definition) is 2. The lowest BCUT2D eigenvalue weighted by Crippen LogP contribution is -2.31. The second-order valence-corrected chi connectivity index (χ2v) is 3.59. The van der Waals surface area contributed by atoms with E-state index in [1.165, 1.54) is 5.56 Å². The molecular formula is C12H13NO2. The van der Waals surface area contributed by atoms with Gasteiger partial charge in [0.05, 0.1) is 6.04 Å². The maximum Gasteiger partial charge on any atom is 0.415 e. The normalized spacial score (nSPS) is 20.2. The average molecular weight is 203 g/mol. The Balaban J connectivity index is 2.32. The molecule has 1 fully saturated rings. The molecule has 3 heteroatoms. The SMILES string of the molecule is C=C[C@@H]1COC(=O)N1c1ccc(C)cc1. The second-order valence-electron chi connectivity index (χ2n) is 3.59. The molecule has 0 saturated carbocycles. The predicted octanol–water partition coefficient (Wildman–Crippen LogP) is 2.51. The van der Waals surface area contributed by atoms with Crippen molar-refractivity contribution < 1.29 is 9.53 Å². The summed E-state index contributed by atoms with van der Waals surface area (Å²) in [7, 11) is 0. The van der Waals surface area contributed by atoms with E-state index in [4.69, 9.17) is 4.74 Å². The van der Waals surface area contributed by atoms with Crippen LogP contribution >= 0.6 is 0 Å². The van der Waals surface area contributed by atoms with E-state index in [1.807, 2.05) is 31.2 Å². The highest BCUT2D eigenvalue weighted by Gasteiger charge is 2.31. The summed E-state index contributed by atoms with van der Waals surface area (Å²) in [5, 5.41) is 0. The number of anilines is 1. The lowest BCUT2D eigenvalue weighted by molar-refractivity contribution is 0.180. The zero-order chi connectivity index (χ0) is 10.8. The van der Waals surface area contributed by atoms with Crippen molar-refractivity contribution in [1.29, 1.82) is 0 Å². The van der Waals surface area contributed by atoms with Crippen LogP contribution in [-0.2, 0) is 4.74 Å². The van der Waals surface area contributed by atoms with E-state index in [0.717, 1.165) is 5.69 Å². The molecule has 0 aliphatic carbocycles. The Bertz CT molecular complexity index is 383. The summed E-state index contributed by atoms with van der Waals surface area (Å²) in [6.45, 7) is 6.09. The van der Waals surface area contributed by atoms with Gasteiger partial charge in [0.2, 0.25) is 0 Å². The number of carbonyl (C=O) groups is 1. The van der Waals surface area contributed by atoms with Crippen molar-refractivity contribution in [2.75, 3.05) is 11.5 Å². The van der Waals surface area contributed by atoms with E-state index in [1.54, 1.807) is 11.0 Å². The number of carbonyl (C=O) groups excluding carboxylic acids is 1. The highest BCUT2D eigenvalue weighted by atomic mass is 16.6. The van der Waals surface area contributed by atoms with Gasteiger partial charge in [0.25, 0.3) is 0 Å². The number of ether oxygens (including phenoxy) is 1. The lowest BCUT2D eigenvalue weighted by atomic mass is 10.2. The number of rotatable bonds is 2. The Hall–Kier alpha value is -1.77. The van der Waals surface area contributed by atoms with Gasteiger partial charge in [-0.05, 0) is 19.1 Å². The number of hydrogen-bond donors (Lipinski definition) is 0. The molecule has 0 unspecified atom stereocenters. The van der Waals surface area contributed by atoms with Crippen LogP contribution in [0.2, 0.25) is 0 Å². The second kappa shape index (κ2) is 3.77. The molecule has 2 rings (SSSR count). The minimum Gasteiger partial charge on any atom is -0.447 e. The van der Waals surface area contributed by atoms with Gasteiger partial charge in [-0.2, -0.15) is 0 Å². The molecule has 1 aliphatic heterocycles. The van der Waals surface area contributed by atoms with Crippen molar-refractivity contribution in [1.82, 2.24) is 0 Å². The van der Waals surface area contributed by atoms with Crippen LogP contribution in [0.5, 0.6) is 0 Å². The minimum absolute atomic E-state index is 0.0554. The fourth-order valence-electron chi connectivity index (χ4n) is 1.61. The number of benzene rings is 1. The third-order valence-electron chi connectivity index (χ3n) is 2.49. The summed E-state index contributed by atoms with van der Waals surface area (Å²) in [5.41, 5.74) is 2.02. The molecule has 0 radical (unpaired) electrons. The van der Waals surface area contributed by atoms with Crippen molar-refractivity contribution in [3.63, 3.8) is 0 Å². The number of nitrogens with zero attached hydrogens (tertiary/aromatic N) is 1. The van der Waals surface area contributed by atoms with Crippen molar-refractivity contribution in [2.24, 2.45) is 0 Å². The van der Waals surface area contributed by atoms with Gasteiger partial charge in [-0.15, -0.1) is 6.58 Å². The molecule has 0 spiro atoms. The molecule has 1 atom stereocenters. The average Bonchev–Trinajstić information content (AvgIpc) is 2.61. The predicted molar refractivity (Wildman–Crippen MR) is 59.0 cm³/mol. The van der Waals surface area contributed by atoms with Crippen molar-refractivity contribution >= 4 is 11.8 Å². The van der Waals surface area contributed by atoms with Crippen LogP contribution in [-0.4, -0.2) is 18.7 Å². The van der Waals surface area contributed by atoms with Crippen LogP contribution < -0.4 is 4.90 Å². The van der Waals surface area contributed by atoms with Crippen molar-refractivity contribution in [3.8, 4) is 0 Å². The lowest BCUT2D eigenvalue weighted by Gasteiger charge is -2.18.